The summed E-state index contributed by atoms with van der Waals surface area (Å²) in [7, 11) is 0. The summed E-state index contributed by atoms with van der Waals surface area (Å²) in [5.41, 5.74) is 1.09. The number of hydrogen-bond acceptors (Lipinski definition) is 3. The molecule has 2 aliphatic heterocycles. The normalized spacial score (nSPS) is 25.6. The monoisotopic (exact) mass is 230 g/mol. The third-order valence-corrected chi connectivity index (χ3v) is 3.01. The minimum Gasteiger partial charge on any atom is -0.379 e. The lowest BCUT2D eigenvalue weighted by Crippen LogP contribution is -2.48. The van der Waals surface area contributed by atoms with E-state index >= 15 is 0 Å². The lowest BCUT2D eigenvalue weighted by Gasteiger charge is -2.31. The summed E-state index contributed by atoms with van der Waals surface area (Å²) in [5.74, 6) is 5.60. The van der Waals surface area contributed by atoms with E-state index in [0.717, 1.165) is 25.2 Å². The van der Waals surface area contributed by atoms with Gasteiger partial charge < -0.3 is 10.2 Å². The summed E-state index contributed by atoms with van der Waals surface area (Å²) < 4.78 is 12.9. The fourth-order valence-corrected chi connectivity index (χ4v) is 2.00. The van der Waals surface area contributed by atoms with Crippen molar-refractivity contribution < 1.29 is 9.23 Å². The molecule has 1 saturated heterocycles. The van der Waals surface area contributed by atoms with Crippen LogP contribution in [0.1, 0.15) is 12.0 Å². The molecular formula is C13H11FN2O. The fourth-order valence-electron chi connectivity index (χ4n) is 2.00. The molecule has 0 aromatic heterocycles. The molecule has 0 radical (unpaired) electrons. The third kappa shape index (κ3) is 1.79. The van der Waals surface area contributed by atoms with Crippen LogP contribution in [0.15, 0.2) is 29.4 Å². The molecule has 1 aromatic rings. The quantitative estimate of drug-likeness (QED) is 0.681. The average molecular weight is 230 g/mol. The topological polar surface area (TPSA) is 33.6 Å². The van der Waals surface area contributed by atoms with Gasteiger partial charge in [0.15, 0.2) is 5.71 Å². The molecule has 1 fully saturated rings. The number of rotatable bonds is 0. The van der Waals surface area contributed by atoms with Crippen molar-refractivity contribution >= 4 is 5.71 Å². The number of nitrogens with one attached hydrogen (secondary N) is 1. The maximum absolute atomic E-state index is 12.9. The number of halogens is 1. The summed E-state index contributed by atoms with van der Waals surface area (Å²) in [6.45, 7) is 1.67. The Bertz CT molecular complexity index is 536. The van der Waals surface area contributed by atoms with E-state index < -0.39 is 0 Å². The molecule has 86 valence electrons. The van der Waals surface area contributed by atoms with Crippen LogP contribution in [-0.2, 0) is 4.84 Å². The van der Waals surface area contributed by atoms with E-state index in [2.05, 4.69) is 22.3 Å². The molecule has 1 N–H and O–H groups in total. The Morgan fingerprint density at radius 1 is 1.41 bits per heavy atom. The van der Waals surface area contributed by atoms with Crippen LogP contribution < -0.4 is 5.32 Å². The SMILES string of the molecule is Fc1cccc(C#CC2=NOC23CCNC3)c1. The maximum Gasteiger partial charge on any atom is 0.204 e. The van der Waals surface area contributed by atoms with E-state index in [4.69, 9.17) is 4.84 Å². The Hall–Kier alpha value is -1.86. The van der Waals surface area contributed by atoms with Crippen LogP contribution in [0.3, 0.4) is 0 Å². The van der Waals surface area contributed by atoms with Gasteiger partial charge in [-0.2, -0.15) is 0 Å². The van der Waals surface area contributed by atoms with Crippen molar-refractivity contribution in [1.29, 1.82) is 0 Å². The highest BCUT2D eigenvalue weighted by Crippen LogP contribution is 2.29. The molecule has 1 unspecified atom stereocenters. The zero-order chi connectivity index (χ0) is 11.7. The van der Waals surface area contributed by atoms with Gasteiger partial charge in [0, 0.05) is 18.5 Å². The number of hydrogen-bond donors (Lipinski definition) is 1. The highest BCUT2D eigenvalue weighted by atomic mass is 19.1. The Kier molecular flexibility index (Phi) is 2.34. The van der Waals surface area contributed by atoms with Crippen LogP contribution in [0.4, 0.5) is 4.39 Å². The second-order valence-electron chi connectivity index (χ2n) is 4.21. The van der Waals surface area contributed by atoms with Crippen LogP contribution in [0.2, 0.25) is 0 Å². The van der Waals surface area contributed by atoms with Gasteiger partial charge in [-0.3, -0.25) is 0 Å². The van der Waals surface area contributed by atoms with Crippen LogP contribution in [0, 0.1) is 17.7 Å². The first-order valence-corrected chi connectivity index (χ1v) is 5.53. The first kappa shape index (κ1) is 10.3. The molecular weight excluding hydrogens is 219 g/mol. The van der Waals surface area contributed by atoms with Gasteiger partial charge in [-0.1, -0.05) is 17.1 Å². The average Bonchev–Trinajstić information content (AvgIpc) is 2.79. The maximum atomic E-state index is 12.9. The van der Waals surface area contributed by atoms with E-state index in [1.54, 1.807) is 12.1 Å². The second-order valence-corrected chi connectivity index (χ2v) is 4.21. The zero-order valence-electron chi connectivity index (χ0n) is 9.16. The number of oxime groups is 1. The highest BCUT2D eigenvalue weighted by molar-refractivity contribution is 6.09. The van der Waals surface area contributed by atoms with Crippen molar-refractivity contribution in [1.82, 2.24) is 5.32 Å². The minimum atomic E-state index is -0.319. The van der Waals surface area contributed by atoms with Crippen LogP contribution in [-0.4, -0.2) is 24.4 Å². The Labute approximate surface area is 98.7 Å². The molecule has 1 atom stereocenters. The fraction of sp³-hybridized carbons (Fsp3) is 0.308. The number of nitrogens with zero attached hydrogens (tertiary/aromatic N) is 1. The van der Waals surface area contributed by atoms with Gasteiger partial charge in [0.2, 0.25) is 5.60 Å². The Balaban J connectivity index is 1.81. The predicted octanol–water partition coefficient (Wildman–Crippen LogP) is 1.30. The van der Waals surface area contributed by atoms with Gasteiger partial charge in [0.25, 0.3) is 0 Å². The molecule has 0 bridgehead atoms. The van der Waals surface area contributed by atoms with Crippen LogP contribution in [0.5, 0.6) is 0 Å². The summed E-state index contributed by atoms with van der Waals surface area (Å²) in [6.07, 6.45) is 0.893. The first-order chi connectivity index (χ1) is 8.28. The van der Waals surface area contributed by atoms with E-state index in [9.17, 15) is 4.39 Å². The molecule has 17 heavy (non-hydrogen) atoms. The Morgan fingerprint density at radius 2 is 2.35 bits per heavy atom. The molecule has 0 aliphatic carbocycles. The van der Waals surface area contributed by atoms with Gasteiger partial charge in [0.05, 0.1) is 0 Å². The van der Waals surface area contributed by atoms with E-state index in [1.165, 1.54) is 12.1 Å². The Morgan fingerprint density at radius 3 is 3.00 bits per heavy atom. The van der Waals surface area contributed by atoms with Gasteiger partial charge >= 0.3 is 0 Å². The van der Waals surface area contributed by atoms with Crippen molar-refractivity contribution in [3.05, 3.63) is 35.6 Å². The lowest BCUT2D eigenvalue weighted by atomic mass is 9.95. The molecule has 0 amide bonds. The van der Waals surface area contributed by atoms with Crippen molar-refractivity contribution in [2.45, 2.75) is 12.0 Å². The van der Waals surface area contributed by atoms with Gasteiger partial charge in [-0.15, -0.1) is 0 Å². The van der Waals surface area contributed by atoms with Gasteiger partial charge in [-0.25, -0.2) is 4.39 Å². The summed E-state index contributed by atoms with van der Waals surface area (Å²) in [4.78, 5) is 5.25. The predicted molar refractivity (Wildman–Crippen MR) is 62.0 cm³/mol. The molecule has 0 saturated carbocycles. The molecule has 1 aromatic carbocycles. The molecule has 2 aliphatic rings. The van der Waals surface area contributed by atoms with Crippen molar-refractivity contribution in [3.63, 3.8) is 0 Å². The molecule has 3 nitrogen and oxygen atoms in total. The third-order valence-electron chi connectivity index (χ3n) is 3.01. The van der Waals surface area contributed by atoms with E-state index in [1.807, 2.05) is 0 Å². The number of benzene rings is 1. The van der Waals surface area contributed by atoms with Crippen molar-refractivity contribution in [3.8, 4) is 11.8 Å². The van der Waals surface area contributed by atoms with E-state index in [-0.39, 0.29) is 11.4 Å². The standard InChI is InChI=1S/C13H11FN2O/c14-11-3-1-2-10(8-11)4-5-12-13(17-16-12)6-7-15-9-13/h1-3,8,15H,6-7,9H2. The molecule has 4 heteroatoms. The molecule has 1 spiro atoms. The molecule has 2 heterocycles. The van der Waals surface area contributed by atoms with E-state index in [0.29, 0.717) is 5.56 Å². The van der Waals surface area contributed by atoms with Crippen LogP contribution >= 0.6 is 0 Å². The zero-order valence-corrected chi connectivity index (χ0v) is 9.16. The summed E-state index contributed by atoms with van der Waals surface area (Å²) in [6, 6.07) is 6.23. The smallest absolute Gasteiger partial charge is 0.204 e. The van der Waals surface area contributed by atoms with Gasteiger partial charge in [-0.05, 0) is 30.7 Å². The van der Waals surface area contributed by atoms with Gasteiger partial charge in [0.1, 0.15) is 5.82 Å². The van der Waals surface area contributed by atoms with Crippen molar-refractivity contribution in [2.75, 3.05) is 13.1 Å². The summed E-state index contributed by atoms with van der Waals surface area (Å²) >= 11 is 0. The van der Waals surface area contributed by atoms with Crippen LogP contribution in [0.25, 0.3) is 0 Å². The highest BCUT2D eigenvalue weighted by Gasteiger charge is 2.47. The van der Waals surface area contributed by atoms with Crippen molar-refractivity contribution in [2.24, 2.45) is 5.16 Å². The second kappa shape index (κ2) is 3.86. The summed E-state index contributed by atoms with van der Waals surface area (Å²) in [5, 5.41) is 7.07. The first-order valence-electron chi connectivity index (χ1n) is 5.53. The minimum absolute atomic E-state index is 0.277. The lowest BCUT2D eigenvalue weighted by molar-refractivity contribution is -0.0157. The molecule has 3 rings (SSSR count). The largest absolute Gasteiger partial charge is 0.379 e.